The van der Waals surface area contributed by atoms with Crippen LogP contribution in [0.1, 0.15) is 47.2 Å². The van der Waals surface area contributed by atoms with E-state index in [0.717, 1.165) is 33.5 Å². The number of fused-ring (bicyclic) bond motifs is 2. The van der Waals surface area contributed by atoms with Crippen molar-refractivity contribution in [2.24, 2.45) is 0 Å². The monoisotopic (exact) mass is 371 g/mol. The number of nitrogens with one attached hydrogen (secondary N) is 1. The lowest BCUT2D eigenvalue weighted by atomic mass is 9.87. The molecule has 0 aliphatic heterocycles. The summed E-state index contributed by atoms with van der Waals surface area (Å²) in [6, 6.07) is 20.2. The van der Waals surface area contributed by atoms with E-state index >= 15 is 0 Å². The van der Waals surface area contributed by atoms with E-state index in [1.54, 1.807) is 6.92 Å². The van der Waals surface area contributed by atoms with Gasteiger partial charge in [-0.05, 0) is 41.3 Å². The summed E-state index contributed by atoms with van der Waals surface area (Å²) in [5.74, 6) is -1.52. The second-order valence-corrected chi connectivity index (χ2v) is 6.76. The van der Waals surface area contributed by atoms with Crippen molar-refractivity contribution in [2.45, 2.75) is 19.3 Å². The molecular formula is C24H21NO3. The summed E-state index contributed by atoms with van der Waals surface area (Å²) in [5.41, 5.74) is 6.26. The zero-order chi connectivity index (χ0) is 19.5. The van der Waals surface area contributed by atoms with Crippen LogP contribution < -0.4 is 0 Å². The summed E-state index contributed by atoms with van der Waals surface area (Å²) in [7, 11) is 0. The lowest BCUT2D eigenvalue weighted by molar-refractivity contribution is -0.153. The summed E-state index contributed by atoms with van der Waals surface area (Å²) in [6.07, 6.45) is 4.11. The van der Waals surface area contributed by atoms with E-state index in [4.69, 9.17) is 4.74 Å². The van der Waals surface area contributed by atoms with Gasteiger partial charge in [0.05, 0.1) is 6.61 Å². The number of esters is 1. The number of benzene rings is 2. The molecule has 3 aromatic rings. The fraction of sp³-hybridized carbons (Fsp3) is 0.167. The predicted molar refractivity (Wildman–Crippen MR) is 109 cm³/mol. The second kappa shape index (κ2) is 7.69. The highest BCUT2D eigenvalue weighted by molar-refractivity contribution is 6.33. The van der Waals surface area contributed by atoms with Crippen LogP contribution in [0, 0.1) is 0 Å². The van der Waals surface area contributed by atoms with E-state index in [1.165, 1.54) is 0 Å². The molecule has 1 heterocycles. The van der Waals surface area contributed by atoms with Crippen LogP contribution in [0.25, 0.3) is 11.6 Å². The van der Waals surface area contributed by atoms with Gasteiger partial charge < -0.3 is 9.72 Å². The Morgan fingerprint density at radius 2 is 1.75 bits per heavy atom. The van der Waals surface area contributed by atoms with Gasteiger partial charge in [-0.25, -0.2) is 4.79 Å². The van der Waals surface area contributed by atoms with Crippen molar-refractivity contribution in [1.29, 1.82) is 0 Å². The van der Waals surface area contributed by atoms with Gasteiger partial charge in [-0.1, -0.05) is 54.6 Å². The van der Waals surface area contributed by atoms with E-state index in [1.807, 2.05) is 54.7 Å². The lowest BCUT2D eigenvalue weighted by Gasteiger charge is -2.17. The van der Waals surface area contributed by atoms with Crippen LogP contribution in [-0.2, 0) is 14.3 Å². The van der Waals surface area contributed by atoms with Gasteiger partial charge in [0, 0.05) is 29.8 Å². The molecule has 0 saturated heterocycles. The first-order valence-corrected chi connectivity index (χ1v) is 9.42. The lowest BCUT2D eigenvalue weighted by Crippen LogP contribution is -2.21. The summed E-state index contributed by atoms with van der Waals surface area (Å²) in [4.78, 5) is 27.8. The predicted octanol–water partition coefficient (Wildman–Crippen LogP) is 4.57. The van der Waals surface area contributed by atoms with Crippen LogP contribution >= 0.6 is 0 Å². The number of ketones is 1. The molecule has 1 atom stereocenters. The number of Topliss-reactive ketones (excluding diaryl/α,β-unsaturated/α-hetero) is 1. The molecule has 0 radical (unpaired) electrons. The number of hydrogen-bond acceptors (Lipinski definition) is 3. The van der Waals surface area contributed by atoms with E-state index in [9.17, 15) is 9.59 Å². The molecule has 1 aromatic heterocycles. The molecule has 0 amide bonds. The maximum atomic E-state index is 12.5. The van der Waals surface area contributed by atoms with Gasteiger partial charge in [0.25, 0.3) is 0 Å². The Balaban J connectivity index is 1.83. The van der Waals surface area contributed by atoms with Gasteiger partial charge in [0.15, 0.2) is 0 Å². The number of ether oxygens (including phenoxy) is 1. The van der Waals surface area contributed by atoms with Gasteiger partial charge in [-0.15, -0.1) is 0 Å². The highest BCUT2D eigenvalue weighted by atomic mass is 16.5. The third-order valence-electron chi connectivity index (χ3n) is 5.07. The highest BCUT2D eigenvalue weighted by Gasteiger charge is 2.30. The van der Waals surface area contributed by atoms with E-state index in [-0.39, 0.29) is 18.9 Å². The van der Waals surface area contributed by atoms with E-state index < -0.39 is 11.8 Å². The fourth-order valence-electron chi connectivity index (χ4n) is 3.80. The quantitative estimate of drug-likeness (QED) is 0.528. The van der Waals surface area contributed by atoms with Crippen LogP contribution in [0.2, 0.25) is 0 Å². The maximum absolute atomic E-state index is 12.5. The van der Waals surface area contributed by atoms with Gasteiger partial charge in [-0.3, -0.25) is 4.79 Å². The van der Waals surface area contributed by atoms with E-state index in [2.05, 4.69) is 23.2 Å². The standard InChI is InChI=1S/C24H21NO3/c1-2-28-24(27)22(26)15-21-18-11-7-6-10-17(18)14-20(16-8-4-3-5-9-16)19-12-13-25-23(19)21/h3-14,21,25H,2,15H2,1H3/t21-/m0/s1. The van der Waals surface area contributed by atoms with Crippen molar-refractivity contribution in [2.75, 3.05) is 6.61 Å². The molecule has 0 unspecified atom stereocenters. The molecule has 1 aliphatic rings. The van der Waals surface area contributed by atoms with Crippen LogP contribution in [-0.4, -0.2) is 23.3 Å². The average molecular weight is 371 g/mol. The summed E-state index contributed by atoms with van der Waals surface area (Å²) < 4.78 is 4.91. The minimum absolute atomic E-state index is 0.0687. The van der Waals surface area contributed by atoms with Crippen molar-refractivity contribution in [1.82, 2.24) is 4.98 Å². The number of H-pyrrole nitrogens is 1. The molecule has 0 spiro atoms. The van der Waals surface area contributed by atoms with Gasteiger partial charge in [-0.2, -0.15) is 0 Å². The minimum Gasteiger partial charge on any atom is -0.460 e. The minimum atomic E-state index is -0.770. The summed E-state index contributed by atoms with van der Waals surface area (Å²) in [6.45, 7) is 1.89. The first kappa shape index (κ1) is 18.0. The van der Waals surface area contributed by atoms with Gasteiger partial charge in [0.1, 0.15) is 0 Å². The Morgan fingerprint density at radius 1 is 1.00 bits per heavy atom. The fourth-order valence-corrected chi connectivity index (χ4v) is 3.80. The zero-order valence-electron chi connectivity index (χ0n) is 15.6. The molecule has 140 valence electrons. The van der Waals surface area contributed by atoms with Crippen LogP contribution in [0.5, 0.6) is 0 Å². The molecule has 4 rings (SSSR count). The van der Waals surface area contributed by atoms with Gasteiger partial charge >= 0.3 is 5.97 Å². The molecule has 28 heavy (non-hydrogen) atoms. The smallest absolute Gasteiger partial charge is 0.374 e. The van der Waals surface area contributed by atoms with Crippen LogP contribution in [0.4, 0.5) is 0 Å². The molecule has 2 aromatic carbocycles. The Morgan fingerprint density at radius 3 is 2.54 bits per heavy atom. The number of carbonyl (C=O) groups excluding carboxylic acids is 2. The summed E-state index contributed by atoms with van der Waals surface area (Å²) >= 11 is 0. The number of carbonyl (C=O) groups is 2. The first-order chi connectivity index (χ1) is 13.7. The van der Waals surface area contributed by atoms with Crippen LogP contribution in [0.15, 0.2) is 66.9 Å². The van der Waals surface area contributed by atoms with Crippen molar-refractivity contribution in [3.05, 3.63) is 94.8 Å². The third-order valence-corrected chi connectivity index (χ3v) is 5.07. The number of aromatic amines is 1. The Kier molecular flexibility index (Phi) is 4.94. The maximum Gasteiger partial charge on any atom is 0.374 e. The molecule has 4 nitrogen and oxygen atoms in total. The SMILES string of the molecule is CCOC(=O)C(=O)C[C@H]1c2ccccc2C=C(c2ccccc2)c2cc[nH]c21. The average Bonchev–Trinajstić information content (AvgIpc) is 3.16. The topological polar surface area (TPSA) is 59.2 Å². The molecular weight excluding hydrogens is 350 g/mol. The molecule has 1 aliphatic carbocycles. The second-order valence-electron chi connectivity index (χ2n) is 6.76. The van der Waals surface area contributed by atoms with E-state index in [0.29, 0.717) is 0 Å². The molecule has 4 heteroatoms. The molecule has 0 fully saturated rings. The van der Waals surface area contributed by atoms with Crippen molar-refractivity contribution < 1.29 is 14.3 Å². The van der Waals surface area contributed by atoms with Crippen LogP contribution in [0.3, 0.4) is 0 Å². The van der Waals surface area contributed by atoms with Crippen molar-refractivity contribution in [3.63, 3.8) is 0 Å². The largest absolute Gasteiger partial charge is 0.460 e. The first-order valence-electron chi connectivity index (χ1n) is 9.42. The third kappa shape index (κ3) is 3.29. The molecule has 0 bridgehead atoms. The Bertz CT molecular complexity index is 1050. The normalized spacial score (nSPS) is 15.0. The summed E-state index contributed by atoms with van der Waals surface area (Å²) in [5, 5.41) is 0. The van der Waals surface area contributed by atoms with Gasteiger partial charge in [0.2, 0.25) is 5.78 Å². The number of hydrogen-bond donors (Lipinski definition) is 1. The molecule has 0 saturated carbocycles. The number of rotatable bonds is 5. The Labute approximate surface area is 163 Å². The van der Waals surface area contributed by atoms with Crippen molar-refractivity contribution in [3.8, 4) is 0 Å². The molecule has 1 N–H and O–H groups in total. The van der Waals surface area contributed by atoms with Crippen molar-refractivity contribution >= 4 is 23.4 Å². The Hall–Kier alpha value is -3.40. The zero-order valence-corrected chi connectivity index (χ0v) is 15.6. The number of aromatic nitrogens is 1. The highest BCUT2D eigenvalue weighted by Crippen LogP contribution is 2.41.